The van der Waals surface area contributed by atoms with Gasteiger partial charge in [-0.05, 0) is 43.2 Å². The van der Waals surface area contributed by atoms with E-state index < -0.39 is 23.0 Å². The summed E-state index contributed by atoms with van der Waals surface area (Å²) in [5.41, 5.74) is 0.0491. The third kappa shape index (κ3) is 3.41. The molecule has 0 spiro atoms. The van der Waals surface area contributed by atoms with Gasteiger partial charge in [-0.15, -0.1) is 0 Å². The number of aromatic nitrogens is 7. The van der Waals surface area contributed by atoms with E-state index >= 15 is 0 Å². The molecule has 0 amide bonds. The van der Waals surface area contributed by atoms with Gasteiger partial charge in [-0.1, -0.05) is 0 Å². The highest BCUT2D eigenvalue weighted by atomic mass is 32.2. The summed E-state index contributed by atoms with van der Waals surface area (Å²) in [5.74, 6) is 1.05. The minimum atomic E-state index is -4.59. The molecule has 0 radical (unpaired) electrons. The van der Waals surface area contributed by atoms with Gasteiger partial charge >= 0.3 is 6.18 Å². The molecule has 156 valence electrons. The summed E-state index contributed by atoms with van der Waals surface area (Å²) in [4.78, 5) is 17.0. The molecule has 8 nitrogen and oxygen atoms in total. The predicted octanol–water partition coefficient (Wildman–Crippen LogP) is 3.07. The van der Waals surface area contributed by atoms with Gasteiger partial charge in [0, 0.05) is 7.05 Å². The molecule has 1 unspecified atom stereocenters. The third-order valence-corrected chi connectivity index (χ3v) is 5.88. The van der Waals surface area contributed by atoms with Crippen LogP contribution in [0.15, 0.2) is 35.7 Å². The van der Waals surface area contributed by atoms with Crippen molar-refractivity contribution < 1.29 is 17.7 Å². The summed E-state index contributed by atoms with van der Waals surface area (Å²) in [6.07, 6.45) is -1.78. The molecule has 0 saturated heterocycles. The quantitative estimate of drug-likeness (QED) is 0.457. The van der Waals surface area contributed by atoms with E-state index in [4.69, 9.17) is 0 Å². The lowest BCUT2D eigenvalue weighted by molar-refractivity contribution is -0.141. The van der Waals surface area contributed by atoms with Gasteiger partial charge in [0.25, 0.3) is 0 Å². The van der Waals surface area contributed by atoms with Crippen LogP contribution in [0.3, 0.4) is 0 Å². The van der Waals surface area contributed by atoms with Crippen LogP contribution in [0.4, 0.5) is 13.2 Å². The van der Waals surface area contributed by atoms with E-state index in [1.165, 1.54) is 24.3 Å². The van der Waals surface area contributed by atoms with E-state index in [9.17, 15) is 17.7 Å². The van der Waals surface area contributed by atoms with Crippen molar-refractivity contribution in [2.45, 2.75) is 24.9 Å². The van der Waals surface area contributed by atoms with Crippen LogP contribution >= 0.6 is 0 Å². The fourth-order valence-electron chi connectivity index (χ4n) is 3.19. The summed E-state index contributed by atoms with van der Waals surface area (Å²) in [5, 5.41) is 4.04. The van der Waals surface area contributed by atoms with Gasteiger partial charge < -0.3 is 9.12 Å². The maximum atomic E-state index is 13.2. The standard InChI is InChI=1S/C18H16F3N7OS/c1-4-30(29)12-5-6-14(28-9-22-8-23-28)26-15(12)17-25-11-7-13(18(19,20)21)24-10(2)16(11)27(17)3/h5-9H,4H2,1-3H3. The van der Waals surface area contributed by atoms with Crippen LogP contribution in [0.2, 0.25) is 0 Å². The van der Waals surface area contributed by atoms with Gasteiger partial charge in [0.1, 0.15) is 24.1 Å². The summed E-state index contributed by atoms with van der Waals surface area (Å²) >= 11 is -1.37. The van der Waals surface area contributed by atoms with Crippen LogP contribution in [-0.4, -0.2) is 44.6 Å². The molecule has 12 heteroatoms. The lowest BCUT2D eigenvalue weighted by atomic mass is 10.2. The second-order valence-electron chi connectivity index (χ2n) is 6.44. The van der Waals surface area contributed by atoms with Gasteiger partial charge in [0.2, 0.25) is 0 Å². The van der Waals surface area contributed by atoms with Crippen molar-refractivity contribution in [2.75, 3.05) is 5.75 Å². The SMILES string of the molecule is CC[S+]([O-])c1ccc(-n2cncn2)nc1-c1nc2cc(C(F)(F)F)nc(C)c2n1C. The number of hydrogen-bond donors (Lipinski definition) is 0. The molecule has 0 saturated carbocycles. The molecule has 0 aliphatic rings. The topological polar surface area (TPSA) is 97.4 Å². The van der Waals surface area contributed by atoms with E-state index in [0.717, 1.165) is 6.07 Å². The first-order valence-electron chi connectivity index (χ1n) is 8.86. The fourth-order valence-corrected chi connectivity index (χ4v) is 4.07. The zero-order valence-electron chi connectivity index (χ0n) is 16.2. The van der Waals surface area contributed by atoms with Crippen molar-refractivity contribution in [3.8, 4) is 17.3 Å². The number of nitrogens with zero attached hydrogens (tertiary/aromatic N) is 7. The molecule has 4 aromatic rings. The Morgan fingerprint density at radius 3 is 2.57 bits per heavy atom. The molecule has 0 N–H and O–H groups in total. The lowest BCUT2D eigenvalue weighted by Crippen LogP contribution is -2.11. The predicted molar refractivity (Wildman–Crippen MR) is 103 cm³/mol. The largest absolute Gasteiger partial charge is 0.611 e. The summed E-state index contributed by atoms with van der Waals surface area (Å²) in [7, 11) is 1.66. The molecule has 30 heavy (non-hydrogen) atoms. The van der Waals surface area contributed by atoms with Crippen molar-refractivity contribution in [3.05, 3.63) is 42.2 Å². The molecular formula is C18H16F3N7OS. The van der Waals surface area contributed by atoms with E-state index in [2.05, 4.69) is 25.0 Å². The average molecular weight is 435 g/mol. The van der Waals surface area contributed by atoms with Crippen LogP contribution in [0.25, 0.3) is 28.4 Å². The van der Waals surface area contributed by atoms with E-state index in [0.29, 0.717) is 27.7 Å². The second-order valence-corrected chi connectivity index (χ2v) is 8.15. The molecule has 0 aromatic carbocycles. The van der Waals surface area contributed by atoms with Crippen molar-refractivity contribution in [3.63, 3.8) is 0 Å². The Bertz CT molecular complexity index is 1220. The first-order valence-corrected chi connectivity index (χ1v) is 10.2. The minimum Gasteiger partial charge on any atom is -0.611 e. The molecule has 0 bridgehead atoms. The fraction of sp³-hybridized carbons (Fsp3) is 0.278. The van der Waals surface area contributed by atoms with Crippen molar-refractivity contribution in [2.24, 2.45) is 7.05 Å². The van der Waals surface area contributed by atoms with Gasteiger partial charge in [-0.2, -0.15) is 18.3 Å². The third-order valence-electron chi connectivity index (χ3n) is 4.53. The Hall–Kier alpha value is -2.99. The summed E-state index contributed by atoms with van der Waals surface area (Å²) in [6.45, 7) is 3.26. The van der Waals surface area contributed by atoms with E-state index in [1.54, 1.807) is 30.7 Å². The van der Waals surface area contributed by atoms with Crippen LogP contribution in [0, 0.1) is 6.92 Å². The van der Waals surface area contributed by atoms with Crippen LogP contribution in [-0.2, 0) is 24.4 Å². The normalized spacial score (nSPS) is 13.2. The van der Waals surface area contributed by atoms with E-state index in [-0.39, 0.29) is 17.0 Å². The molecular weight excluding hydrogens is 419 g/mol. The van der Waals surface area contributed by atoms with Gasteiger partial charge in [0.05, 0.1) is 16.7 Å². The first-order chi connectivity index (χ1) is 14.2. The number of imidazole rings is 1. The number of hydrogen-bond acceptors (Lipinski definition) is 6. The van der Waals surface area contributed by atoms with Crippen LogP contribution in [0.5, 0.6) is 0 Å². The summed E-state index contributed by atoms with van der Waals surface area (Å²) < 4.78 is 55.2. The zero-order chi connectivity index (χ0) is 21.6. The Morgan fingerprint density at radius 2 is 1.93 bits per heavy atom. The first kappa shape index (κ1) is 20.3. The molecule has 4 rings (SSSR count). The van der Waals surface area contributed by atoms with Crippen molar-refractivity contribution in [1.82, 2.24) is 34.3 Å². The Morgan fingerprint density at radius 1 is 1.17 bits per heavy atom. The highest BCUT2D eigenvalue weighted by molar-refractivity contribution is 7.91. The van der Waals surface area contributed by atoms with Crippen molar-refractivity contribution in [1.29, 1.82) is 0 Å². The molecule has 0 aliphatic heterocycles. The Kier molecular flexibility index (Phi) is 4.98. The van der Waals surface area contributed by atoms with Crippen LogP contribution in [0.1, 0.15) is 18.3 Å². The average Bonchev–Trinajstić information content (AvgIpc) is 3.35. The highest BCUT2D eigenvalue weighted by Crippen LogP contribution is 2.34. The molecule has 0 fully saturated rings. The minimum absolute atomic E-state index is 0.133. The van der Waals surface area contributed by atoms with Gasteiger partial charge in [-0.3, -0.25) is 0 Å². The maximum Gasteiger partial charge on any atom is 0.433 e. The number of halogens is 3. The zero-order valence-corrected chi connectivity index (χ0v) is 17.0. The van der Waals surface area contributed by atoms with Crippen molar-refractivity contribution >= 4 is 22.2 Å². The molecule has 1 atom stereocenters. The maximum absolute atomic E-state index is 13.2. The number of fused-ring (bicyclic) bond motifs is 1. The van der Waals surface area contributed by atoms with Gasteiger partial charge in [-0.25, -0.2) is 24.6 Å². The molecule has 4 aromatic heterocycles. The van der Waals surface area contributed by atoms with E-state index in [1.807, 2.05) is 0 Å². The Balaban J connectivity index is 1.97. The number of alkyl halides is 3. The molecule has 0 aliphatic carbocycles. The van der Waals surface area contributed by atoms with Crippen LogP contribution < -0.4 is 0 Å². The number of pyridine rings is 2. The Labute approximate surface area is 172 Å². The number of rotatable bonds is 4. The van der Waals surface area contributed by atoms with Gasteiger partial charge in [0.15, 0.2) is 22.2 Å². The highest BCUT2D eigenvalue weighted by Gasteiger charge is 2.34. The number of aryl methyl sites for hydroxylation is 2. The smallest absolute Gasteiger partial charge is 0.433 e. The molecule has 4 heterocycles. The second kappa shape index (κ2) is 7.36. The monoisotopic (exact) mass is 435 g/mol. The summed E-state index contributed by atoms with van der Waals surface area (Å²) in [6, 6.07) is 4.21. The lowest BCUT2D eigenvalue weighted by Gasteiger charge is -2.13.